The molecular weight excluding hydrogens is 263 g/mol. The Balaban J connectivity index is 1.90. The van der Waals surface area contributed by atoms with Crippen LogP contribution in [0.5, 0.6) is 0 Å². The number of rotatable bonds is 10. The van der Waals surface area contributed by atoms with Gasteiger partial charge in [-0.05, 0) is 56.5 Å². The highest BCUT2D eigenvalue weighted by Crippen LogP contribution is 2.28. The first-order valence-corrected chi connectivity index (χ1v) is 8.47. The fourth-order valence-electron chi connectivity index (χ4n) is 2.90. The van der Waals surface area contributed by atoms with Crippen molar-refractivity contribution in [2.75, 3.05) is 19.6 Å². The molecule has 1 unspecified atom stereocenters. The van der Waals surface area contributed by atoms with E-state index >= 15 is 0 Å². The van der Waals surface area contributed by atoms with Crippen molar-refractivity contribution in [1.29, 1.82) is 0 Å². The average Bonchev–Trinajstić information content (AvgIpc) is 3.32. The summed E-state index contributed by atoms with van der Waals surface area (Å²) >= 11 is 0. The van der Waals surface area contributed by atoms with Crippen molar-refractivity contribution in [1.82, 2.24) is 10.2 Å². The Hall–Kier alpha value is -0.930. The van der Waals surface area contributed by atoms with Crippen LogP contribution in [-0.4, -0.2) is 30.6 Å². The topological polar surface area (TPSA) is 15.3 Å². The Morgan fingerprint density at radius 2 is 1.90 bits per heavy atom. The van der Waals surface area contributed by atoms with Gasteiger partial charge in [0.05, 0.1) is 0 Å². The molecule has 1 aliphatic rings. The molecule has 2 nitrogen and oxygen atoms in total. The SMILES string of the molecule is CCCCN(CCC(NCC)c1ccc(F)cc1)C1CC1. The molecule has 0 saturated heterocycles. The van der Waals surface area contributed by atoms with E-state index in [2.05, 4.69) is 24.1 Å². The quantitative estimate of drug-likeness (QED) is 0.697. The summed E-state index contributed by atoms with van der Waals surface area (Å²) < 4.78 is 13.1. The molecule has 3 heteroatoms. The Bertz CT molecular complexity index is 400. The zero-order chi connectivity index (χ0) is 15.1. The van der Waals surface area contributed by atoms with Crippen LogP contribution in [0.3, 0.4) is 0 Å². The average molecular weight is 292 g/mol. The van der Waals surface area contributed by atoms with Gasteiger partial charge in [0.2, 0.25) is 0 Å². The molecule has 118 valence electrons. The summed E-state index contributed by atoms with van der Waals surface area (Å²) in [5, 5.41) is 3.54. The van der Waals surface area contributed by atoms with E-state index in [0.717, 1.165) is 25.6 Å². The molecule has 1 aliphatic carbocycles. The van der Waals surface area contributed by atoms with Gasteiger partial charge in [-0.15, -0.1) is 0 Å². The lowest BCUT2D eigenvalue weighted by molar-refractivity contribution is 0.243. The summed E-state index contributed by atoms with van der Waals surface area (Å²) in [5.41, 5.74) is 1.20. The third-order valence-corrected chi connectivity index (χ3v) is 4.29. The monoisotopic (exact) mass is 292 g/mol. The third-order valence-electron chi connectivity index (χ3n) is 4.29. The van der Waals surface area contributed by atoms with Crippen LogP contribution in [0.4, 0.5) is 4.39 Å². The van der Waals surface area contributed by atoms with Crippen molar-refractivity contribution >= 4 is 0 Å². The molecule has 0 radical (unpaired) electrons. The summed E-state index contributed by atoms with van der Waals surface area (Å²) in [5.74, 6) is -0.156. The predicted octanol–water partition coefficient (Wildman–Crippen LogP) is 4.13. The highest BCUT2D eigenvalue weighted by molar-refractivity contribution is 5.20. The number of nitrogens with zero attached hydrogens (tertiary/aromatic N) is 1. The van der Waals surface area contributed by atoms with E-state index in [0.29, 0.717) is 6.04 Å². The Labute approximate surface area is 128 Å². The largest absolute Gasteiger partial charge is 0.310 e. The highest BCUT2D eigenvalue weighted by Gasteiger charge is 2.28. The number of hydrogen-bond acceptors (Lipinski definition) is 2. The number of nitrogens with one attached hydrogen (secondary N) is 1. The van der Waals surface area contributed by atoms with Gasteiger partial charge in [-0.3, -0.25) is 0 Å². The van der Waals surface area contributed by atoms with Crippen LogP contribution in [0.2, 0.25) is 0 Å². The molecule has 2 rings (SSSR count). The van der Waals surface area contributed by atoms with Gasteiger partial charge in [0.1, 0.15) is 5.82 Å². The minimum absolute atomic E-state index is 0.156. The molecule has 0 bridgehead atoms. The van der Waals surface area contributed by atoms with Crippen molar-refractivity contribution < 1.29 is 4.39 Å². The molecule has 0 amide bonds. The van der Waals surface area contributed by atoms with E-state index < -0.39 is 0 Å². The highest BCUT2D eigenvalue weighted by atomic mass is 19.1. The number of halogens is 1. The van der Waals surface area contributed by atoms with Crippen molar-refractivity contribution in [2.45, 2.75) is 58.0 Å². The minimum atomic E-state index is -0.156. The molecule has 0 aromatic heterocycles. The molecule has 1 saturated carbocycles. The van der Waals surface area contributed by atoms with E-state index in [9.17, 15) is 4.39 Å². The van der Waals surface area contributed by atoms with Crippen LogP contribution < -0.4 is 5.32 Å². The van der Waals surface area contributed by atoms with Crippen LogP contribution in [-0.2, 0) is 0 Å². The molecule has 1 N–H and O–H groups in total. The number of benzene rings is 1. The lowest BCUT2D eigenvalue weighted by Crippen LogP contribution is -2.32. The molecule has 0 aliphatic heterocycles. The van der Waals surface area contributed by atoms with Crippen molar-refractivity contribution in [3.8, 4) is 0 Å². The normalized spacial score (nSPS) is 16.4. The lowest BCUT2D eigenvalue weighted by atomic mass is 10.0. The predicted molar refractivity (Wildman–Crippen MR) is 86.9 cm³/mol. The van der Waals surface area contributed by atoms with Gasteiger partial charge in [-0.1, -0.05) is 32.4 Å². The van der Waals surface area contributed by atoms with Gasteiger partial charge in [0.25, 0.3) is 0 Å². The first-order valence-electron chi connectivity index (χ1n) is 8.47. The van der Waals surface area contributed by atoms with Crippen molar-refractivity contribution in [3.05, 3.63) is 35.6 Å². The lowest BCUT2D eigenvalue weighted by Gasteiger charge is -2.25. The summed E-state index contributed by atoms with van der Waals surface area (Å²) in [6.45, 7) is 7.70. The smallest absolute Gasteiger partial charge is 0.123 e. The molecule has 1 aromatic carbocycles. The first kappa shape index (κ1) is 16.4. The molecule has 0 heterocycles. The summed E-state index contributed by atoms with van der Waals surface area (Å²) in [6.07, 6.45) is 6.38. The second-order valence-corrected chi connectivity index (χ2v) is 6.07. The van der Waals surface area contributed by atoms with Gasteiger partial charge in [-0.25, -0.2) is 4.39 Å². The zero-order valence-corrected chi connectivity index (χ0v) is 13.4. The first-order chi connectivity index (χ1) is 10.2. The minimum Gasteiger partial charge on any atom is -0.310 e. The fourth-order valence-corrected chi connectivity index (χ4v) is 2.90. The van der Waals surface area contributed by atoms with Gasteiger partial charge in [-0.2, -0.15) is 0 Å². The molecule has 1 atom stereocenters. The summed E-state index contributed by atoms with van der Waals surface area (Å²) in [4.78, 5) is 2.65. The maximum absolute atomic E-state index is 13.1. The van der Waals surface area contributed by atoms with Crippen LogP contribution in [0.1, 0.15) is 57.6 Å². The standard InChI is InChI=1S/C18H29FN2/c1-3-5-13-21(17-10-11-17)14-12-18(20-4-2)15-6-8-16(19)9-7-15/h6-9,17-18,20H,3-5,10-14H2,1-2H3. The van der Waals surface area contributed by atoms with E-state index in [4.69, 9.17) is 0 Å². The van der Waals surface area contributed by atoms with Gasteiger partial charge in [0, 0.05) is 18.6 Å². The molecule has 1 aromatic rings. The molecule has 1 fully saturated rings. The molecular formula is C18H29FN2. The van der Waals surface area contributed by atoms with E-state index in [1.54, 1.807) is 12.1 Å². The van der Waals surface area contributed by atoms with Crippen LogP contribution >= 0.6 is 0 Å². The van der Waals surface area contributed by atoms with Crippen molar-refractivity contribution in [3.63, 3.8) is 0 Å². The Kier molecular flexibility index (Phi) is 6.65. The van der Waals surface area contributed by atoms with E-state index in [1.807, 2.05) is 12.1 Å². The second-order valence-electron chi connectivity index (χ2n) is 6.07. The maximum Gasteiger partial charge on any atom is 0.123 e. The van der Waals surface area contributed by atoms with Crippen LogP contribution in [0.25, 0.3) is 0 Å². The number of hydrogen-bond donors (Lipinski definition) is 1. The van der Waals surface area contributed by atoms with Gasteiger partial charge in [0.15, 0.2) is 0 Å². The van der Waals surface area contributed by atoms with E-state index in [-0.39, 0.29) is 5.82 Å². The van der Waals surface area contributed by atoms with E-state index in [1.165, 1.54) is 37.8 Å². The van der Waals surface area contributed by atoms with Crippen molar-refractivity contribution in [2.24, 2.45) is 0 Å². The Morgan fingerprint density at radius 3 is 2.48 bits per heavy atom. The Morgan fingerprint density at radius 1 is 1.19 bits per heavy atom. The van der Waals surface area contributed by atoms with Gasteiger partial charge >= 0.3 is 0 Å². The number of unbranched alkanes of at least 4 members (excludes halogenated alkanes) is 1. The fraction of sp³-hybridized carbons (Fsp3) is 0.667. The molecule has 0 spiro atoms. The van der Waals surface area contributed by atoms with Crippen LogP contribution in [0.15, 0.2) is 24.3 Å². The zero-order valence-electron chi connectivity index (χ0n) is 13.4. The maximum atomic E-state index is 13.1. The summed E-state index contributed by atoms with van der Waals surface area (Å²) in [7, 11) is 0. The van der Waals surface area contributed by atoms with Gasteiger partial charge < -0.3 is 10.2 Å². The van der Waals surface area contributed by atoms with Crippen LogP contribution in [0, 0.1) is 5.82 Å². The molecule has 21 heavy (non-hydrogen) atoms. The third kappa shape index (κ3) is 5.40. The summed E-state index contributed by atoms with van der Waals surface area (Å²) in [6, 6.07) is 8.11. The second kappa shape index (κ2) is 8.50.